The zero-order valence-corrected chi connectivity index (χ0v) is 11.7. The fraction of sp³-hybridized carbons (Fsp3) is 0.533. The van der Waals surface area contributed by atoms with Crippen LogP contribution in [0.3, 0.4) is 0 Å². The van der Waals surface area contributed by atoms with Gasteiger partial charge in [-0.3, -0.25) is 0 Å². The summed E-state index contributed by atoms with van der Waals surface area (Å²) in [6.45, 7) is 0. The third kappa shape index (κ3) is 2.48. The summed E-state index contributed by atoms with van der Waals surface area (Å²) in [4.78, 5) is 4.49. The van der Waals surface area contributed by atoms with Gasteiger partial charge in [-0.1, -0.05) is 25.7 Å². The minimum absolute atomic E-state index is 0.237. The van der Waals surface area contributed by atoms with Crippen molar-refractivity contribution in [3.63, 3.8) is 0 Å². The average molecular weight is 281 g/mol. The number of fused-ring (bicyclic) bond motifs is 1. The SMILES string of the molecule is Fc1ccc2c(c1)nc(CCl)n2C1CCCCCC1. The molecule has 0 spiro atoms. The Morgan fingerprint density at radius 1 is 1.21 bits per heavy atom. The first-order valence-corrected chi connectivity index (χ1v) is 7.55. The summed E-state index contributed by atoms with van der Waals surface area (Å²) in [6, 6.07) is 5.30. The van der Waals surface area contributed by atoms with Crippen LogP contribution in [0.5, 0.6) is 0 Å². The standard InChI is InChI=1S/C15H18ClFN2/c16-10-15-18-13-9-11(17)7-8-14(13)19(15)12-5-3-1-2-4-6-12/h7-9,12H,1-6,10H2. The number of hydrogen-bond donors (Lipinski definition) is 0. The van der Waals surface area contributed by atoms with Gasteiger partial charge in [-0.25, -0.2) is 9.37 Å². The van der Waals surface area contributed by atoms with Crippen LogP contribution in [0.15, 0.2) is 18.2 Å². The lowest BCUT2D eigenvalue weighted by Crippen LogP contribution is -2.11. The van der Waals surface area contributed by atoms with Crippen LogP contribution in [0, 0.1) is 5.82 Å². The molecule has 0 saturated heterocycles. The first-order chi connectivity index (χ1) is 9.29. The molecule has 19 heavy (non-hydrogen) atoms. The lowest BCUT2D eigenvalue weighted by atomic mass is 10.1. The maximum atomic E-state index is 13.3. The average Bonchev–Trinajstić information content (AvgIpc) is 2.60. The van der Waals surface area contributed by atoms with Crippen LogP contribution >= 0.6 is 11.6 Å². The fourth-order valence-electron chi connectivity index (χ4n) is 3.14. The molecule has 1 aliphatic rings. The highest BCUT2D eigenvalue weighted by atomic mass is 35.5. The molecule has 0 N–H and O–H groups in total. The molecule has 1 aromatic heterocycles. The van der Waals surface area contributed by atoms with Gasteiger partial charge in [0.1, 0.15) is 11.6 Å². The van der Waals surface area contributed by atoms with E-state index in [-0.39, 0.29) is 5.82 Å². The number of halogens is 2. The largest absolute Gasteiger partial charge is 0.324 e. The number of hydrogen-bond acceptors (Lipinski definition) is 1. The quantitative estimate of drug-likeness (QED) is 0.570. The van der Waals surface area contributed by atoms with Gasteiger partial charge in [0.25, 0.3) is 0 Å². The number of aromatic nitrogens is 2. The van der Waals surface area contributed by atoms with Gasteiger partial charge in [0.05, 0.1) is 16.9 Å². The van der Waals surface area contributed by atoms with Crippen LogP contribution in [-0.2, 0) is 5.88 Å². The van der Waals surface area contributed by atoms with Gasteiger partial charge in [-0.05, 0) is 25.0 Å². The maximum Gasteiger partial charge on any atom is 0.125 e. The number of nitrogens with zero attached hydrogens (tertiary/aromatic N) is 2. The van der Waals surface area contributed by atoms with Crippen molar-refractivity contribution in [2.24, 2.45) is 0 Å². The molecule has 1 aliphatic carbocycles. The van der Waals surface area contributed by atoms with Gasteiger partial charge in [-0.2, -0.15) is 0 Å². The molecule has 102 valence electrons. The predicted molar refractivity (Wildman–Crippen MR) is 76.0 cm³/mol. The molecule has 3 rings (SSSR count). The van der Waals surface area contributed by atoms with Crippen molar-refractivity contribution in [2.45, 2.75) is 50.4 Å². The summed E-state index contributed by atoms with van der Waals surface area (Å²) in [5.41, 5.74) is 1.74. The van der Waals surface area contributed by atoms with Crippen molar-refractivity contribution in [3.8, 4) is 0 Å². The molecule has 0 atom stereocenters. The van der Waals surface area contributed by atoms with Gasteiger partial charge in [0.15, 0.2) is 0 Å². The highest BCUT2D eigenvalue weighted by Crippen LogP contribution is 2.32. The molecule has 0 aliphatic heterocycles. The van der Waals surface area contributed by atoms with E-state index in [0.717, 1.165) is 16.9 Å². The number of imidazole rings is 1. The zero-order valence-electron chi connectivity index (χ0n) is 10.9. The monoisotopic (exact) mass is 280 g/mol. The highest BCUT2D eigenvalue weighted by molar-refractivity contribution is 6.16. The number of benzene rings is 1. The van der Waals surface area contributed by atoms with Crippen LogP contribution < -0.4 is 0 Å². The van der Waals surface area contributed by atoms with E-state index in [4.69, 9.17) is 11.6 Å². The normalized spacial score (nSPS) is 17.8. The summed E-state index contributed by atoms with van der Waals surface area (Å²) in [5, 5.41) is 0. The van der Waals surface area contributed by atoms with Crippen molar-refractivity contribution < 1.29 is 4.39 Å². The summed E-state index contributed by atoms with van der Waals surface area (Å²) >= 11 is 6.03. The smallest absolute Gasteiger partial charge is 0.125 e. The molecule has 0 unspecified atom stereocenters. The minimum Gasteiger partial charge on any atom is -0.324 e. The van der Waals surface area contributed by atoms with E-state index in [1.807, 2.05) is 6.07 Å². The first-order valence-electron chi connectivity index (χ1n) is 7.02. The number of rotatable bonds is 2. The van der Waals surface area contributed by atoms with Crippen LogP contribution in [-0.4, -0.2) is 9.55 Å². The van der Waals surface area contributed by atoms with Crippen molar-refractivity contribution in [1.29, 1.82) is 0 Å². The Bertz CT molecular complexity index is 571. The molecule has 0 bridgehead atoms. The van der Waals surface area contributed by atoms with Crippen LogP contribution in [0.4, 0.5) is 4.39 Å². The van der Waals surface area contributed by atoms with Crippen LogP contribution in [0.25, 0.3) is 11.0 Å². The van der Waals surface area contributed by atoms with E-state index < -0.39 is 0 Å². The van der Waals surface area contributed by atoms with Gasteiger partial charge in [-0.15, -0.1) is 11.6 Å². The third-order valence-electron chi connectivity index (χ3n) is 4.03. The molecule has 2 nitrogen and oxygen atoms in total. The second kappa shape index (κ2) is 5.49. The minimum atomic E-state index is -0.237. The zero-order chi connectivity index (χ0) is 13.2. The lowest BCUT2D eigenvalue weighted by molar-refractivity contribution is 0.444. The van der Waals surface area contributed by atoms with Gasteiger partial charge < -0.3 is 4.57 Å². The van der Waals surface area contributed by atoms with E-state index in [1.165, 1.54) is 50.7 Å². The van der Waals surface area contributed by atoms with Crippen LogP contribution in [0.2, 0.25) is 0 Å². The van der Waals surface area contributed by atoms with E-state index in [2.05, 4.69) is 9.55 Å². The Morgan fingerprint density at radius 2 is 1.95 bits per heavy atom. The second-order valence-corrected chi connectivity index (χ2v) is 5.58. The van der Waals surface area contributed by atoms with Crippen molar-refractivity contribution in [2.75, 3.05) is 0 Å². The predicted octanol–water partition coefficient (Wildman–Crippen LogP) is 4.81. The molecule has 0 radical (unpaired) electrons. The molecule has 2 aromatic rings. The summed E-state index contributed by atoms with van der Waals surface area (Å²) in [6.07, 6.45) is 7.49. The fourth-order valence-corrected chi connectivity index (χ4v) is 3.33. The second-order valence-electron chi connectivity index (χ2n) is 5.31. The van der Waals surface area contributed by atoms with Gasteiger partial charge in [0.2, 0.25) is 0 Å². The molecular formula is C15H18ClFN2. The summed E-state index contributed by atoms with van der Waals surface area (Å²) < 4.78 is 15.5. The number of alkyl halides is 1. The molecule has 1 aromatic carbocycles. The highest BCUT2D eigenvalue weighted by Gasteiger charge is 2.20. The van der Waals surface area contributed by atoms with E-state index in [9.17, 15) is 4.39 Å². The molecule has 0 amide bonds. The van der Waals surface area contributed by atoms with E-state index in [1.54, 1.807) is 0 Å². The maximum absolute atomic E-state index is 13.3. The third-order valence-corrected chi connectivity index (χ3v) is 4.27. The van der Waals surface area contributed by atoms with Crippen molar-refractivity contribution in [3.05, 3.63) is 29.8 Å². The van der Waals surface area contributed by atoms with Gasteiger partial charge >= 0.3 is 0 Å². The topological polar surface area (TPSA) is 17.8 Å². The molecule has 1 saturated carbocycles. The molecule has 1 fully saturated rings. The Labute approximate surface area is 117 Å². The Morgan fingerprint density at radius 3 is 2.63 bits per heavy atom. The Hall–Kier alpha value is -1.09. The first kappa shape index (κ1) is 12.9. The lowest BCUT2D eigenvalue weighted by Gasteiger charge is -2.19. The van der Waals surface area contributed by atoms with Crippen molar-refractivity contribution in [1.82, 2.24) is 9.55 Å². The van der Waals surface area contributed by atoms with E-state index in [0.29, 0.717) is 11.9 Å². The molecule has 4 heteroatoms. The van der Waals surface area contributed by atoms with Gasteiger partial charge in [0, 0.05) is 12.1 Å². The Balaban J connectivity index is 2.09. The summed E-state index contributed by atoms with van der Waals surface area (Å²) in [7, 11) is 0. The van der Waals surface area contributed by atoms with E-state index >= 15 is 0 Å². The van der Waals surface area contributed by atoms with Crippen LogP contribution in [0.1, 0.15) is 50.4 Å². The molecular weight excluding hydrogens is 263 g/mol. The molecule has 1 heterocycles. The van der Waals surface area contributed by atoms with Crippen molar-refractivity contribution >= 4 is 22.6 Å². The Kier molecular flexibility index (Phi) is 3.74. The summed E-state index contributed by atoms with van der Waals surface area (Å²) in [5.74, 6) is 1.01.